The van der Waals surface area contributed by atoms with E-state index in [-0.39, 0.29) is 29.5 Å². The molecule has 0 bridgehead atoms. The lowest BCUT2D eigenvalue weighted by atomic mass is 10.2. The third-order valence-electron chi connectivity index (χ3n) is 4.52. The number of non-ortho nitro benzene ring substituents is 1. The maximum atomic E-state index is 12.4. The number of carbonyl (C=O) groups is 1. The summed E-state index contributed by atoms with van der Waals surface area (Å²) in [5.41, 5.74) is 1.86. The summed E-state index contributed by atoms with van der Waals surface area (Å²) < 4.78 is 13.5. The third kappa shape index (κ3) is 5.60. The number of rotatable bonds is 8. The fourth-order valence-corrected chi connectivity index (χ4v) is 3.21. The Bertz CT molecular complexity index is 1110. The first-order valence-electron chi connectivity index (χ1n) is 9.37. The highest BCUT2D eigenvalue weighted by Gasteiger charge is 2.14. The van der Waals surface area contributed by atoms with Crippen LogP contribution in [0.15, 0.2) is 46.9 Å². The van der Waals surface area contributed by atoms with Crippen molar-refractivity contribution in [2.45, 2.75) is 26.8 Å². The van der Waals surface area contributed by atoms with Gasteiger partial charge in [-0.15, -0.1) is 0 Å². The number of nitro groups is 1. The van der Waals surface area contributed by atoms with E-state index < -0.39 is 4.92 Å². The number of aromatic nitrogens is 2. The second-order valence-electron chi connectivity index (χ2n) is 6.76. The van der Waals surface area contributed by atoms with Gasteiger partial charge < -0.3 is 14.8 Å². The van der Waals surface area contributed by atoms with Crippen LogP contribution in [0.4, 0.5) is 11.4 Å². The van der Waals surface area contributed by atoms with Gasteiger partial charge in [-0.1, -0.05) is 0 Å². The van der Waals surface area contributed by atoms with Crippen molar-refractivity contribution in [2.24, 2.45) is 0 Å². The molecule has 162 valence electrons. The topological polar surface area (TPSA) is 109 Å². The minimum atomic E-state index is -0.538. The molecular weight excluding hydrogens is 468 g/mol. The predicted octanol–water partition coefficient (Wildman–Crippen LogP) is 5.00. The van der Waals surface area contributed by atoms with Crippen molar-refractivity contribution < 1.29 is 19.2 Å². The minimum Gasteiger partial charge on any atom is -0.497 e. The van der Waals surface area contributed by atoms with E-state index >= 15 is 0 Å². The number of nitrogens with one attached hydrogen (secondary N) is 1. The molecule has 0 saturated heterocycles. The SMILES string of the molecule is COc1ccc(Oc2cc(NC(=O)CCn3nc(C)c(Br)c3C)cc([N+](=O)[O-])c2)cc1. The fraction of sp³-hybridized carbons (Fsp3) is 0.238. The highest BCUT2D eigenvalue weighted by molar-refractivity contribution is 9.10. The molecule has 1 amide bonds. The molecular formula is C21H21BrN4O5. The monoisotopic (exact) mass is 488 g/mol. The van der Waals surface area contributed by atoms with Crippen molar-refractivity contribution in [3.8, 4) is 17.2 Å². The zero-order valence-electron chi connectivity index (χ0n) is 17.2. The smallest absolute Gasteiger partial charge is 0.275 e. The predicted molar refractivity (Wildman–Crippen MR) is 119 cm³/mol. The Morgan fingerprint density at radius 1 is 1.16 bits per heavy atom. The molecule has 2 aromatic carbocycles. The van der Waals surface area contributed by atoms with Crippen molar-refractivity contribution in [1.82, 2.24) is 9.78 Å². The van der Waals surface area contributed by atoms with Crippen molar-refractivity contribution in [3.63, 3.8) is 0 Å². The van der Waals surface area contributed by atoms with Crippen molar-refractivity contribution in [1.29, 1.82) is 0 Å². The van der Waals surface area contributed by atoms with Gasteiger partial charge in [0.05, 0.1) is 40.5 Å². The molecule has 3 rings (SSSR count). The van der Waals surface area contributed by atoms with Crippen molar-refractivity contribution in [3.05, 3.63) is 68.4 Å². The zero-order valence-corrected chi connectivity index (χ0v) is 18.8. The molecule has 9 nitrogen and oxygen atoms in total. The summed E-state index contributed by atoms with van der Waals surface area (Å²) in [6, 6.07) is 10.9. The highest BCUT2D eigenvalue weighted by Crippen LogP contribution is 2.30. The molecule has 1 heterocycles. The highest BCUT2D eigenvalue weighted by atomic mass is 79.9. The number of benzene rings is 2. The molecule has 1 N–H and O–H groups in total. The first kappa shape index (κ1) is 22.3. The summed E-state index contributed by atoms with van der Waals surface area (Å²) in [6.45, 7) is 4.17. The quantitative estimate of drug-likeness (QED) is 0.352. The standard InChI is InChI=1S/C21H21BrN4O5/c1-13-21(22)14(2)25(24-13)9-8-20(27)23-15-10-16(26(28)29)12-19(11-15)31-18-6-4-17(30-3)5-7-18/h4-7,10-12H,8-9H2,1-3H3,(H,23,27). The van der Waals surface area contributed by atoms with Crippen LogP contribution in [0, 0.1) is 24.0 Å². The summed E-state index contributed by atoms with van der Waals surface area (Å²) in [7, 11) is 1.55. The molecule has 0 fully saturated rings. The van der Waals surface area contributed by atoms with Crippen LogP contribution in [0.3, 0.4) is 0 Å². The molecule has 3 aromatic rings. The molecule has 0 unspecified atom stereocenters. The number of ether oxygens (including phenoxy) is 2. The van der Waals surface area contributed by atoms with E-state index in [2.05, 4.69) is 26.3 Å². The van der Waals surface area contributed by atoms with Crippen LogP contribution in [0.2, 0.25) is 0 Å². The van der Waals surface area contributed by atoms with E-state index in [1.807, 2.05) is 13.8 Å². The lowest BCUT2D eigenvalue weighted by Crippen LogP contribution is -2.15. The number of aryl methyl sites for hydroxylation is 2. The molecule has 10 heteroatoms. The van der Waals surface area contributed by atoms with E-state index in [1.165, 1.54) is 18.2 Å². The Morgan fingerprint density at radius 3 is 2.42 bits per heavy atom. The van der Waals surface area contributed by atoms with Gasteiger partial charge in [0.2, 0.25) is 5.91 Å². The summed E-state index contributed by atoms with van der Waals surface area (Å²) >= 11 is 3.46. The number of methoxy groups -OCH3 is 1. The molecule has 0 aliphatic rings. The number of anilines is 1. The van der Waals surface area contributed by atoms with Crippen LogP contribution in [0.1, 0.15) is 17.8 Å². The largest absolute Gasteiger partial charge is 0.497 e. The third-order valence-corrected chi connectivity index (χ3v) is 5.67. The maximum absolute atomic E-state index is 12.4. The summed E-state index contributed by atoms with van der Waals surface area (Å²) in [6.07, 6.45) is 0.158. The van der Waals surface area contributed by atoms with E-state index in [0.717, 1.165) is 15.9 Å². The molecule has 0 spiro atoms. The van der Waals surface area contributed by atoms with Gasteiger partial charge in [-0.05, 0) is 54.0 Å². The van der Waals surface area contributed by atoms with Crippen molar-refractivity contribution >= 4 is 33.2 Å². The minimum absolute atomic E-state index is 0.158. The number of hydrogen-bond donors (Lipinski definition) is 1. The van der Waals surface area contributed by atoms with Crippen LogP contribution in [-0.4, -0.2) is 27.7 Å². The van der Waals surface area contributed by atoms with E-state index in [0.29, 0.717) is 18.0 Å². The van der Waals surface area contributed by atoms with Crippen LogP contribution >= 0.6 is 15.9 Å². The second kappa shape index (κ2) is 9.61. The van der Waals surface area contributed by atoms with E-state index in [1.54, 1.807) is 36.1 Å². The number of amides is 1. The van der Waals surface area contributed by atoms with Crippen LogP contribution in [-0.2, 0) is 11.3 Å². The Morgan fingerprint density at radius 2 is 1.84 bits per heavy atom. The van der Waals surface area contributed by atoms with E-state index in [4.69, 9.17) is 9.47 Å². The molecule has 1 aromatic heterocycles. The van der Waals surface area contributed by atoms with Crippen molar-refractivity contribution in [2.75, 3.05) is 12.4 Å². The summed E-state index contributed by atoms with van der Waals surface area (Å²) in [5.74, 6) is 1.08. The van der Waals surface area contributed by atoms with Crippen LogP contribution < -0.4 is 14.8 Å². The van der Waals surface area contributed by atoms with Gasteiger partial charge in [-0.25, -0.2) is 0 Å². The molecule has 0 aliphatic heterocycles. The Balaban J connectivity index is 1.72. The Kier molecular flexibility index (Phi) is 6.91. The first-order chi connectivity index (χ1) is 14.8. The van der Waals surface area contributed by atoms with Crippen LogP contribution in [0.25, 0.3) is 0 Å². The van der Waals surface area contributed by atoms with Gasteiger partial charge in [0, 0.05) is 24.2 Å². The first-order valence-corrected chi connectivity index (χ1v) is 10.2. The van der Waals surface area contributed by atoms with Crippen LogP contribution in [0.5, 0.6) is 17.2 Å². The van der Waals surface area contributed by atoms with E-state index in [9.17, 15) is 14.9 Å². The Hall–Kier alpha value is -3.40. The summed E-state index contributed by atoms with van der Waals surface area (Å²) in [5, 5.41) is 18.4. The second-order valence-corrected chi connectivity index (χ2v) is 7.55. The van der Waals surface area contributed by atoms with Gasteiger partial charge in [-0.2, -0.15) is 5.10 Å². The normalized spacial score (nSPS) is 10.6. The number of carbonyl (C=O) groups excluding carboxylic acids is 1. The molecule has 0 atom stereocenters. The van der Waals surface area contributed by atoms with Gasteiger partial charge in [0.15, 0.2) is 0 Å². The van der Waals surface area contributed by atoms with Gasteiger partial charge in [-0.3, -0.25) is 19.6 Å². The summed E-state index contributed by atoms with van der Waals surface area (Å²) in [4.78, 5) is 23.2. The number of hydrogen-bond acceptors (Lipinski definition) is 6. The average molecular weight is 489 g/mol. The molecule has 0 radical (unpaired) electrons. The van der Waals surface area contributed by atoms with Gasteiger partial charge >= 0.3 is 0 Å². The molecule has 0 saturated carbocycles. The lowest BCUT2D eigenvalue weighted by molar-refractivity contribution is -0.384. The van der Waals surface area contributed by atoms with Gasteiger partial charge in [0.25, 0.3) is 5.69 Å². The van der Waals surface area contributed by atoms with Gasteiger partial charge in [0.1, 0.15) is 17.2 Å². The lowest BCUT2D eigenvalue weighted by Gasteiger charge is -2.10. The number of nitrogens with zero attached hydrogens (tertiary/aromatic N) is 3. The fourth-order valence-electron chi connectivity index (χ4n) is 2.92. The average Bonchev–Trinajstić information content (AvgIpc) is 2.99. The molecule has 0 aliphatic carbocycles. The maximum Gasteiger partial charge on any atom is 0.275 e. The number of nitro benzene ring substituents is 1. The Labute approximate surface area is 187 Å². The zero-order chi connectivity index (χ0) is 22.5. The molecule has 31 heavy (non-hydrogen) atoms. The number of halogens is 1.